The molecule has 8 nitrogen and oxygen atoms in total. The molecule has 124 valence electrons. The van der Waals surface area contributed by atoms with Crippen molar-refractivity contribution in [1.82, 2.24) is 19.6 Å². The van der Waals surface area contributed by atoms with E-state index < -0.39 is 10.0 Å². The Morgan fingerprint density at radius 3 is 2.78 bits per heavy atom. The van der Waals surface area contributed by atoms with E-state index in [1.54, 1.807) is 35.9 Å². The van der Waals surface area contributed by atoms with Crippen LogP contribution in [0.2, 0.25) is 0 Å². The maximum Gasteiger partial charge on any atom is 0.259 e. The first-order valence-electron chi connectivity index (χ1n) is 6.82. The van der Waals surface area contributed by atoms with Gasteiger partial charge in [0.05, 0.1) is 13.4 Å². The topological polar surface area (TPSA) is 102 Å². The summed E-state index contributed by atoms with van der Waals surface area (Å²) in [6.45, 7) is 0.219. The highest BCUT2D eigenvalue weighted by Gasteiger charge is 2.16. The Bertz CT molecular complexity index is 786. The lowest BCUT2D eigenvalue weighted by molar-refractivity contribution is 0.0954. The summed E-state index contributed by atoms with van der Waals surface area (Å²) in [6, 6.07) is 6.69. The van der Waals surface area contributed by atoms with Crippen LogP contribution in [0.4, 0.5) is 0 Å². The maximum atomic E-state index is 12.0. The summed E-state index contributed by atoms with van der Waals surface area (Å²) < 4.78 is 32.8. The number of methoxy groups -OCH3 is 1. The van der Waals surface area contributed by atoms with Crippen LogP contribution in [0.25, 0.3) is 0 Å². The van der Waals surface area contributed by atoms with Crippen LogP contribution >= 0.6 is 0 Å². The minimum atomic E-state index is -3.67. The molecule has 0 fully saturated rings. The molecule has 1 aromatic heterocycles. The van der Waals surface area contributed by atoms with Gasteiger partial charge in [0, 0.05) is 31.9 Å². The number of imidazole rings is 1. The molecule has 0 aliphatic carbocycles. The number of sulfonamides is 1. The predicted octanol–water partition coefficient (Wildman–Crippen LogP) is 0.137. The maximum absolute atomic E-state index is 12.0. The number of nitrogens with zero attached hydrogens (tertiary/aromatic N) is 2. The fraction of sp³-hybridized carbons (Fsp3) is 0.286. The molecule has 0 saturated carbocycles. The van der Waals surface area contributed by atoms with Crippen molar-refractivity contribution in [3.8, 4) is 5.75 Å². The van der Waals surface area contributed by atoms with Crippen molar-refractivity contribution < 1.29 is 17.9 Å². The lowest BCUT2D eigenvalue weighted by atomic mass is 10.2. The Balaban J connectivity index is 1.84. The van der Waals surface area contributed by atoms with Gasteiger partial charge in [0.2, 0.25) is 0 Å². The Labute approximate surface area is 134 Å². The number of hydrogen-bond acceptors (Lipinski definition) is 5. The van der Waals surface area contributed by atoms with Crippen molar-refractivity contribution in [1.29, 1.82) is 0 Å². The van der Waals surface area contributed by atoms with E-state index >= 15 is 0 Å². The average molecular weight is 338 g/mol. The van der Waals surface area contributed by atoms with E-state index in [0.717, 1.165) is 0 Å². The highest BCUT2D eigenvalue weighted by Crippen LogP contribution is 2.12. The Morgan fingerprint density at radius 1 is 1.35 bits per heavy atom. The number of ether oxygens (including phenoxy) is 1. The fourth-order valence-corrected chi connectivity index (χ4v) is 2.84. The number of hydrogen-bond donors (Lipinski definition) is 2. The van der Waals surface area contributed by atoms with Crippen LogP contribution in [0.3, 0.4) is 0 Å². The summed E-state index contributed by atoms with van der Waals surface area (Å²) in [4.78, 5) is 15.7. The van der Waals surface area contributed by atoms with Crippen molar-refractivity contribution >= 4 is 15.9 Å². The van der Waals surface area contributed by atoms with Gasteiger partial charge in [0.25, 0.3) is 15.9 Å². The van der Waals surface area contributed by atoms with Gasteiger partial charge < -0.3 is 14.6 Å². The Hall–Kier alpha value is -2.39. The summed E-state index contributed by atoms with van der Waals surface area (Å²) in [7, 11) is -0.468. The Kier molecular flexibility index (Phi) is 5.35. The van der Waals surface area contributed by atoms with Crippen molar-refractivity contribution in [3.63, 3.8) is 0 Å². The quantitative estimate of drug-likeness (QED) is 0.699. The average Bonchev–Trinajstić information content (AvgIpc) is 2.99. The lowest BCUT2D eigenvalue weighted by Crippen LogP contribution is -2.34. The van der Waals surface area contributed by atoms with Gasteiger partial charge in [-0.3, -0.25) is 4.79 Å². The van der Waals surface area contributed by atoms with Crippen molar-refractivity contribution in [3.05, 3.63) is 42.4 Å². The van der Waals surface area contributed by atoms with E-state index in [1.807, 2.05) is 0 Å². The molecule has 0 bridgehead atoms. The minimum absolute atomic E-state index is 0.0564. The molecule has 0 atom stereocenters. The number of rotatable bonds is 7. The van der Waals surface area contributed by atoms with E-state index in [2.05, 4.69) is 15.0 Å². The molecule has 1 amide bonds. The minimum Gasteiger partial charge on any atom is -0.497 e. The first-order chi connectivity index (χ1) is 10.9. The van der Waals surface area contributed by atoms with Gasteiger partial charge in [0.15, 0.2) is 5.03 Å². The molecule has 9 heteroatoms. The first-order valence-corrected chi connectivity index (χ1v) is 8.30. The SMILES string of the molecule is COc1cccc(C(=O)NCCNS(=O)(=O)c2cn(C)cn2)c1. The first kappa shape index (κ1) is 17.0. The number of benzene rings is 1. The molecule has 2 rings (SSSR count). The molecule has 0 radical (unpaired) electrons. The van der Waals surface area contributed by atoms with Crippen LogP contribution in [0.15, 0.2) is 41.8 Å². The van der Waals surface area contributed by atoms with Crippen molar-refractivity contribution in [2.75, 3.05) is 20.2 Å². The van der Waals surface area contributed by atoms with Gasteiger partial charge in [-0.25, -0.2) is 18.1 Å². The number of carbonyl (C=O) groups excluding carboxylic acids is 1. The molecule has 1 aromatic carbocycles. The molecular weight excluding hydrogens is 320 g/mol. The number of nitrogens with one attached hydrogen (secondary N) is 2. The van der Waals surface area contributed by atoms with Gasteiger partial charge in [0.1, 0.15) is 5.75 Å². The highest BCUT2D eigenvalue weighted by atomic mass is 32.2. The highest BCUT2D eigenvalue weighted by molar-refractivity contribution is 7.89. The molecule has 2 N–H and O–H groups in total. The smallest absolute Gasteiger partial charge is 0.259 e. The zero-order chi connectivity index (χ0) is 16.9. The van der Waals surface area contributed by atoms with Gasteiger partial charge >= 0.3 is 0 Å². The number of carbonyl (C=O) groups is 1. The standard InChI is InChI=1S/C14H18N4O4S/c1-18-9-13(16-10-18)23(20,21)17-7-6-15-14(19)11-4-3-5-12(8-11)22-2/h3-5,8-10,17H,6-7H2,1-2H3,(H,15,19). The molecule has 0 aliphatic rings. The third-order valence-electron chi connectivity index (χ3n) is 2.99. The van der Waals surface area contributed by atoms with Gasteiger partial charge in [-0.2, -0.15) is 0 Å². The zero-order valence-electron chi connectivity index (χ0n) is 12.8. The fourth-order valence-electron chi connectivity index (χ4n) is 1.83. The van der Waals surface area contributed by atoms with Gasteiger partial charge in [-0.05, 0) is 18.2 Å². The number of amides is 1. The monoisotopic (exact) mass is 338 g/mol. The molecular formula is C14H18N4O4S. The van der Waals surface area contributed by atoms with E-state index in [0.29, 0.717) is 11.3 Å². The molecule has 0 spiro atoms. The molecule has 23 heavy (non-hydrogen) atoms. The second-order valence-electron chi connectivity index (χ2n) is 4.76. The van der Waals surface area contributed by atoms with E-state index in [9.17, 15) is 13.2 Å². The second-order valence-corrected chi connectivity index (χ2v) is 6.48. The van der Waals surface area contributed by atoms with Crippen LogP contribution < -0.4 is 14.8 Å². The van der Waals surface area contributed by atoms with E-state index in [-0.39, 0.29) is 24.0 Å². The lowest BCUT2D eigenvalue weighted by Gasteiger charge is -2.07. The van der Waals surface area contributed by atoms with Gasteiger partial charge in [-0.1, -0.05) is 6.07 Å². The van der Waals surface area contributed by atoms with Crippen LogP contribution in [0.1, 0.15) is 10.4 Å². The molecule has 1 heterocycles. The number of aryl methyl sites for hydroxylation is 1. The summed E-state index contributed by atoms with van der Waals surface area (Å²) in [6.07, 6.45) is 2.80. The van der Waals surface area contributed by atoms with E-state index in [4.69, 9.17) is 4.74 Å². The number of aromatic nitrogens is 2. The van der Waals surface area contributed by atoms with Crippen molar-refractivity contribution in [2.45, 2.75) is 5.03 Å². The summed E-state index contributed by atoms with van der Waals surface area (Å²) >= 11 is 0. The third-order valence-corrected chi connectivity index (χ3v) is 4.34. The normalized spacial score (nSPS) is 11.2. The predicted molar refractivity (Wildman–Crippen MR) is 83.7 cm³/mol. The van der Waals surface area contributed by atoms with Crippen LogP contribution in [-0.2, 0) is 17.1 Å². The third kappa shape index (κ3) is 4.54. The molecule has 0 unspecified atom stereocenters. The Morgan fingerprint density at radius 2 is 2.13 bits per heavy atom. The van der Waals surface area contributed by atoms with Gasteiger partial charge in [-0.15, -0.1) is 0 Å². The second kappa shape index (κ2) is 7.25. The molecule has 0 saturated heterocycles. The largest absolute Gasteiger partial charge is 0.497 e. The zero-order valence-corrected chi connectivity index (χ0v) is 13.6. The summed E-state index contributed by atoms with van der Waals surface area (Å²) in [5.74, 6) is 0.273. The van der Waals surface area contributed by atoms with Crippen LogP contribution in [-0.4, -0.2) is 44.1 Å². The van der Waals surface area contributed by atoms with E-state index in [1.165, 1.54) is 19.6 Å². The summed E-state index contributed by atoms with van der Waals surface area (Å²) in [5.41, 5.74) is 0.442. The molecule has 2 aromatic rings. The molecule has 0 aliphatic heterocycles. The van der Waals surface area contributed by atoms with Crippen LogP contribution in [0, 0.1) is 0 Å². The van der Waals surface area contributed by atoms with Crippen LogP contribution in [0.5, 0.6) is 5.75 Å². The summed E-state index contributed by atoms with van der Waals surface area (Å²) in [5, 5.41) is 2.58. The van der Waals surface area contributed by atoms with Crippen molar-refractivity contribution in [2.24, 2.45) is 7.05 Å².